The van der Waals surface area contributed by atoms with Crippen molar-refractivity contribution in [1.29, 1.82) is 0 Å². The summed E-state index contributed by atoms with van der Waals surface area (Å²) >= 11 is 1.68. The predicted molar refractivity (Wildman–Crippen MR) is 109 cm³/mol. The van der Waals surface area contributed by atoms with E-state index in [9.17, 15) is 4.79 Å². The molecule has 0 spiro atoms. The van der Waals surface area contributed by atoms with Gasteiger partial charge in [-0.2, -0.15) is 0 Å². The van der Waals surface area contributed by atoms with E-state index in [0.29, 0.717) is 0 Å². The third kappa shape index (κ3) is 4.79. The van der Waals surface area contributed by atoms with Gasteiger partial charge in [0.05, 0.1) is 5.69 Å². The minimum atomic E-state index is 0.0285. The van der Waals surface area contributed by atoms with Crippen molar-refractivity contribution >= 4 is 17.2 Å². The molecule has 3 aromatic rings. The molecule has 1 heterocycles. The molecule has 0 saturated carbocycles. The molecule has 134 valence electrons. The summed E-state index contributed by atoms with van der Waals surface area (Å²) in [5.74, 6) is 0.0285. The SMILES string of the molecule is CC(=O)N[C@@H](C)CCc1ccc(-c2csc(-c3cccc(C)c3)n2)cc1. The summed E-state index contributed by atoms with van der Waals surface area (Å²) in [4.78, 5) is 15.9. The Morgan fingerprint density at radius 1 is 1.15 bits per heavy atom. The van der Waals surface area contributed by atoms with E-state index in [4.69, 9.17) is 4.98 Å². The molecule has 0 aliphatic rings. The average Bonchev–Trinajstić information content (AvgIpc) is 3.10. The standard InChI is InChI=1S/C22H24N2OS/c1-15-5-4-6-20(13-15)22-24-21(14-26-22)19-11-9-18(10-12-19)8-7-16(2)23-17(3)25/h4-6,9-14,16H,7-8H2,1-3H3,(H,23,25)/t16-/m0/s1. The molecule has 1 N–H and O–H groups in total. The predicted octanol–water partition coefficient (Wildman–Crippen LogP) is 5.24. The summed E-state index contributed by atoms with van der Waals surface area (Å²) in [6.45, 7) is 5.70. The number of hydrogen-bond acceptors (Lipinski definition) is 3. The number of nitrogens with one attached hydrogen (secondary N) is 1. The highest BCUT2D eigenvalue weighted by Gasteiger charge is 2.08. The number of aryl methyl sites for hydroxylation is 2. The van der Waals surface area contributed by atoms with Gasteiger partial charge in [0.15, 0.2) is 0 Å². The Labute approximate surface area is 159 Å². The molecule has 1 amide bonds. The van der Waals surface area contributed by atoms with Gasteiger partial charge < -0.3 is 5.32 Å². The van der Waals surface area contributed by atoms with Gasteiger partial charge in [-0.1, -0.05) is 48.0 Å². The number of hydrogen-bond donors (Lipinski definition) is 1. The van der Waals surface area contributed by atoms with E-state index in [1.54, 1.807) is 18.3 Å². The molecular weight excluding hydrogens is 340 g/mol. The Kier molecular flexibility index (Phi) is 5.84. The number of nitrogens with zero attached hydrogens (tertiary/aromatic N) is 1. The van der Waals surface area contributed by atoms with Crippen LogP contribution in [0.2, 0.25) is 0 Å². The Hall–Kier alpha value is -2.46. The van der Waals surface area contributed by atoms with Gasteiger partial charge in [-0.25, -0.2) is 4.98 Å². The van der Waals surface area contributed by atoms with Crippen molar-refractivity contribution in [3.05, 3.63) is 65.0 Å². The van der Waals surface area contributed by atoms with Gasteiger partial charge in [-0.15, -0.1) is 11.3 Å². The van der Waals surface area contributed by atoms with Crippen molar-refractivity contribution < 1.29 is 4.79 Å². The van der Waals surface area contributed by atoms with Crippen molar-refractivity contribution in [3.63, 3.8) is 0 Å². The van der Waals surface area contributed by atoms with Crippen LogP contribution in [-0.4, -0.2) is 16.9 Å². The van der Waals surface area contributed by atoms with Crippen molar-refractivity contribution in [3.8, 4) is 21.8 Å². The third-order valence-electron chi connectivity index (χ3n) is 4.33. The minimum absolute atomic E-state index is 0.0285. The third-order valence-corrected chi connectivity index (χ3v) is 5.23. The molecule has 3 nitrogen and oxygen atoms in total. The number of amides is 1. The molecule has 4 heteroatoms. The van der Waals surface area contributed by atoms with E-state index in [2.05, 4.69) is 66.2 Å². The smallest absolute Gasteiger partial charge is 0.217 e. The molecule has 3 rings (SSSR count). The first-order valence-corrected chi connectivity index (χ1v) is 9.78. The highest BCUT2D eigenvalue weighted by Crippen LogP contribution is 2.29. The Morgan fingerprint density at radius 2 is 1.92 bits per heavy atom. The summed E-state index contributed by atoms with van der Waals surface area (Å²) in [5.41, 5.74) is 5.85. The molecule has 0 aliphatic heterocycles. The monoisotopic (exact) mass is 364 g/mol. The summed E-state index contributed by atoms with van der Waals surface area (Å²) in [5, 5.41) is 6.09. The first-order chi connectivity index (χ1) is 12.5. The van der Waals surface area contributed by atoms with Gasteiger partial charge in [0, 0.05) is 29.5 Å². The van der Waals surface area contributed by atoms with E-state index >= 15 is 0 Å². The highest BCUT2D eigenvalue weighted by molar-refractivity contribution is 7.13. The lowest BCUT2D eigenvalue weighted by Crippen LogP contribution is -2.30. The van der Waals surface area contributed by atoms with E-state index in [-0.39, 0.29) is 11.9 Å². The molecular formula is C22H24N2OS. The second kappa shape index (κ2) is 8.28. The Bertz CT molecular complexity index is 883. The lowest BCUT2D eigenvalue weighted by molar-refractivity contribution is -0.119. The normalized spacial score (nSPS) is 12.0. The molecule has 26 heavy (non-hydrogen) atoms. The molecule has 0 fully saturated rings. The Morgan fingerprint density at radius 3 is 2.62 bits per heavy atom. The Balaban J connectivity index is 1.66. The first kappa shape index (κ1) is 18.3. The molecule has 0 saturated heterocycles. The van der Waals surface area contributed by atoms with Gasteiger partial charge in [-0.3, -0.25) is 4.79 Å². The van der Waals surface area contributed by atoms with Gasteiger partial charge in [0.2, 0.25) is 5.91 Å². The lowest BCUT2D eigenvalue weighted by Gasteiger charge is -2.12. The van der Waals surface area contributed by atoms with Crippen LogP contribution in [0.3, 0.4) is 0 Å². The molecule has 0 bridgehead atoms. The van der Waals surface area contributed by atoms with E-state index in [0.717, 1.165) is 29.1 Å². The van der Waals surface area contributed by atoms with E-state index in [1.807, 2.05) is 6.92 Å². The van der Waals surface area contributed by atoms with Crippen LogP contribution >= 0.6 is 11.3 Å². The fraction of sp³-hybridized carbons (Fsp3) is 0.273. The van der Waals surface area contributed by atoms with Crippen LogP contribution in [0.25, 0.3) is 21.8 Å². The second-order valence-electron chi connectivity index (χ2n) is 6.74. The van der Waals surface area contributed by atoms with Crippen LogP contribution in [0, 0.1) is 6.92 Å². The largest absolute Gasteiger partial charge is 0.354 e. The van der Waals surface area contributed by atoms with Crippen molar-refractivity contribution in [1.82, 2.24) is 10.3 Å². The molecule has 0 radical (unpaired) electrons. The number of carbonyl (C=O) groups excluding carboxylic acids is 1. The number of thiazole rings is 1. The molecule has 1 atom stereocenters. The number of carbonyl (C=O) groups is 1. The second-order valence-corrected chi connectivity index (χ2v) is 7.60. The molecule has 1 aromatic heterocycles. The summed E-state index contributed by atoms with van der Waals surface area (Å²) in [6.07, 6.45) is 1.89. The average molecular weight is 365 g/mol. The van der Waals surface area contributed by atoms with Crippen molar-refractivity contribution in [2.75, 3.05) is 0 Å². The van der Waals surface area contributed by atoms with E-state index in [1.165, 1.54) is 16.7 Å². The summed E-state index contributed by atoms with van der Waals surface area (Å²) in [6, 6.07) is 17.2. The number of rotatable bonds is 6. The molecule has 2 aromatic carbocycles. The summed E-state index contributed by atoms with van der Waals surface area (Å²) < 4.78 is 0. The maximum atomic E-state index is 11.1. The van der Waals surface area contributed by atoms with Crippen molar-refractivity contribution in [2.24, 2.45) is 0 Å². The van der Waals surface area contributed by atoms with Gasteiger partial charge in [0.1, 0.15) is 5.01 Å². The van der Waals surface area contributed by atoms with Crippen LogP contribution in [-0.2, 0) is 11.2 Å². The topological polar surface area (TPSA) is 42.0 Å². The minimum Gasteiger partial charge on any atom is -0.354 e. The summed E-state index contributed by atoms with van der Waals surface area (Å²) in [7, 11) is 0. The lowest BCUT2D eigenvalue weighted by atomic mass is 10.0. The van der Waals surface area contributed by atoms with Gasteiger partial charge >= 0.3 is 0 Å². The van der Waals surface area contributed by atoms with E-state index < -0.39 is 0 Å². The fourth-order valence-electron chi connectivity index (χ4n) is 2.96. The van der Waals surface area contributed by atoms with Gasteiger partial charge in [0.25, 0.3) is 0 Å². The quantitative estimate of drug-likeness (QED) is 0.650. The van der Waals surface area contributed by atoms with Crippen LogP contribution in [0.5, 0.6) is 0 Å². The zero-order valence-electron chi connectivity index (χ0n) is 15.5. The highest BCUT2D eigenvalue weighted by atomic mass is 32.1. The first-order valence-electron chi connectivity index (χ1n) is 8.90. The number of benzene rings is 2. The zero-order valence-corrected chi connectivity index (χ0v) is 16.3. The number of aromatic nitrogens is 1. The van der Waals surface area contributed by atoms with Crippen molar-refractivity contribution in [2.45, 2.75) is 39.7 Å². The maximum Gasteiger partial charge on any atom is 0.217 e. The maximum absolute atomic E-state index is 11.1. The fourth-order valence-corrected chi connectivity index (χ4v) is 3.79. The van der Waals surface area contributed by atoms with Crippen LogP contribution < -0.4 is 5.32 Å². The van der Waals surface area contributed by atoms with Gasteiger partial charge in [-0.05, 0) is 38.3 Å². The molecule has 0 aliphatic carbocycles. The van der Waals surface area contributed by atoms with Crippen LogP contribution in [0.1, 0.15) is 31.4 Å². The molecule has 0 unspecified atom stereocenters. The zero-order chi connectivity index (χ0) is 18.5. The van der Waals surface area contributed by atoms with Crippen LogP contribution in [0.4, 0.5) is 0 Å². The van der Waals surface area contributed by atoms with Crippen LogP contribution in [0.15, 0.2) is 53.9 Å².